The molecule has 1 aliphatic heterocycles. The molecule has 1 aromatic rings. The van der Waals surface area contributed by atoms with E-state index in [2.05, 4.69) is 0 Å². The topological polar surface area (TPSA) is 40.6 Å². The molecule has 2 rings (SSSR count). The van der Waals surface area contributed by atoms with E-state index >= 15 is 0 Å². The summed E-state index contributed by atoms with van der Waals surface area (Å²) in [6, 6.07) is 3.60. The van der Waals surface area contributed by atoms with Crippen molar-refractivity contribution < 1.29 is 17.2 Å². The molecular formula is C15H22F2N2O2S. The van der Waals surface area contributed by atoms with E-state index in [-0.39, 0.29) is 5.92 Å². The Morgan fingerprint density at radius 1 is 1.32 bits per heavy atom. The van der Waals surface area contributed by atoms with E-state index in [0.717, 1.165) is 18.9 Å². The molecule has 1 heterocycles. The first-order valence-corrected chi connectivity index (χ1v) is 8.82. The molecule has 1 aromatic carbocycles. The average molecular weight is 332 g/mol. The number of aryl methyl sites for hydroxylation is 1. The summed E-state index contributed by atoms with van der Waals surface area (Å²) in [5.74, 6) is -0.913. The SMILES string of the molecule is CN(C)S(=O)(=O)N1CCC[C@@H](CCc2ccc(F)cc2F)C1. The minimum atomic E-state index is -3.39. The Morgan fingerprint density at radius 2 is 2.05 bits per heavy atom. The number of nitrogens with zero attached hydrogens (tertiary/aromatic N) is 2. The summed E-state index contributed by atoms with van der Waals surface area (Å²) in [5, 5.41) is 0. The zero-order valence-electron chi connectivity index (χ0n) is 12.9. The zero-order valence-corrected chi connectivity index (χ0v) is 13.7. The summed E-state index contributed by atoms with van der Waals surface area (Å²) in [6.45, 7) is 0.991. The van der Waals surface area contributed by atoms with E-state index in [9.17, 15) is 17.2 Å². The van der Waals surface area contributed by atoms with Crippen LogP contribution >= 0.6 is 0 Å². The van der Waals surface area contributed by atoms with Gasteiger partial charge in [0.15, 0.2) is 0 Å². The van der Waals surface area contributed by atoms with Crippen molar-refractivity contribution in [3.05, 3.63) is 35.4 Å². The van der Waals surface area contributed by atoms with Crippen LogP contribution in [0.1, 0.15) is 24.8 Å². The van der Waals surface area contributed by atoms with E-state index in [4.69, 9.17) is 0 Å². The van der Waals surface area contributed by atoms with Crippen LogP contribution in [0.25, 0.3) is 0 Å². The first-order chi connectivity index (χ1) is 10.3. The number of piperidine rings is 1. The van der Waals surface area contributed by atoms with E-state index in [1.165, 1.54) is 34.8 Å². The number of hydrogen-bond donors (Lipinski definition) is 0. The second kappa shape index (κ2) is 7.02. The van der Waals surface area contributed by atoms with Crippen molar-refractivity contribution in [1.29, 1.82) is 0 Å². The van der Waals surface area contributed by atoms with Gasteiger partial charge in [0.1, 0.15) is 11.6 Å². The molecule has 1 aliphatic rings. The summed E-state index contributed by atoms with van der Waals surface area (Å²) in [6.07, 6.45) is 2.93. The first-order valence-electron chi connectivity index (χ1n) is 7.42. The number of hydrogen-bond acceptors (Lipinski definition) is 2. The summed E-state index contributed by atoms with van der Waals surface area (Å²) in [7, 11) is -0.345. The lowest BCUT2D eigenvalue weighted by Crippen LogP contribution is -2.45. The van der Waals surface area contributed by atoms with E-state index in [1.54, 1.807) is 0 Å². The minimum absolute atomic E-state index is 0.202. The van der Waals surface area contributed by atoms with Crippen molar-refractivity contribution in [1.82, 2.24) is 8.61 Å². The van der Waals surface area contributed by atoms with Crippen LogP contribution in [0.4, 0.5) is 8.78 Å². The van der Waals surface area contributed by atoms with Gasteiger partial charge in [-0.3, -0.25) is 0 Å². The smallest absolute Gasteiger partial charge is 0.207 e. The van der Waals surface area contributed by atoms with Crippen molar-refractivity contribution in [2.45, 2.75) is 25.7 Å². The van der Waals surface area contributed by atoms with Crippen LogP contribution in [0.3, 0.4) is 0 Å². The highest BCUT2D eigenvalue weighted by molar-refractivity contribution is 7.86. The molecule has 0 aliphatic carbocycles. The maximum absolute atomic E-state index is 13.6. The van der Waals surface area contributed by atoms with Crippen molar-refractivity contribution in [2.24, 2.45) is 5.92 Å². The summed E-state index contributed by atoms with van der Waals surface area (Å²) in [5.41, 5.74) is 0.481. The second-order valence-corrected chi connectivity index (χ2v) is 8.07. The molecule has 1 fully saturated rings. The third kappa shape index (κ3) is 4.02. The van der Waals surface area contributed by atoms with Crippen LogP contribution in [0.2, 0.25) is 0 Å². The molecule has 1 saturated heterocycles. The van der Waals surface area contributed by atoms with E-state index < -0.39 is 21.8 Å². The van der Waals surface area contributed by atoms with Gasteiger partial charge in [-0.05, 0) is 43.2 Å². The third-order valence-corrected chi connectivity index (χ3v) is 6.01. The molecule has 7 heteroatoms. The number of halogens is 2. The third-order valence-electron chi connectivity index (χ3n) is 4.11. The standard InChI is InChI=1S/C15H22F2N2O2S/c1-18(2)22(20,21)19-9-3-4-12(11-19)5-6-13-7-8-14(16)10-15(13)17/h7-8,10,12H,3-6,9,11H2,1-2H3/t12-/m0/s1. The summed E-state index contributed by atoms with van der Waals surface area (Å²) >= 11 is 0. The predicted molar refractivity (Wildman–Crippen MR) is 81.6 cm³/mol. The molecule has 0 bridgehead atoms. The Hall–Kier alpha value is -1.05. The van der Waals surface area contributed by atoms with Crippen LogP contribution in [-0.2, 0) is 16.6 Å². The predicted octanol–water partition coefficient (Wildman–Crippen LogP) is 2.42. The Balaban J connectivity index is 1.96. The molecule has 0 saturated carbocycles. The van der Waals surface area contributed by atoms with Crippen molar-refractivity contribution in [3.8, 4) is 0 Å². The van der Waals surface area contributed by atoms with Crippen LogP contribution < -0.4 is 0 Å². The highest BCUT2D eigenvalue weighted by Gasteiger charge is 2.30. The number of rotatable bonds is 5. The molecule has 1 atom stereocenters. The molecule has 0 N–H and O–H groups in total. The summed E-state index contributed by atoms with van der Waals surface area (Å²) < 4.78 is 53.5. The zero-order chi connectivity index (χ0) is 16.3. The van der Waals surface area contributed by atoms with Crippen LogP contribution in [0.15, 0.2) is 18.2 Å². The fraction of sp³-hybridized carbons (Fsp3) is 0.600. The van der Waals surface area contributed by atoms with Crippen LogP contribution in [0, 0.1) is 17.6 Å². The van der Waals surface area contributed by atoms with Gasteiger partial charge in [-0.2, -0.15) is 17.0 Å². The fourth-order valence-corrected chi connectivity index (χ4v) is 4.01. The molecular weight excluding hydrogens is 310 g/mol. The van der Waals surface area contributed by atoms with Gasteiger partial charge in [-0.15, -0.1) is 0 Å². The van der Waals surface area contributed by atoms with Crippen molar-refractivity contribution in [3.63, 3.8) is 0 Å². The van der Waals surface area contributed by atoms with Gasteiger partial charge in [0, 0.05) is 33.3 Å². The fourth-order valence-electron chi connectivity index (χ4n) is 2.79. The lowest BCUT2D eigenvalue weighted by molar-refractivity contribution is 0.245. The molecule has 0 unspecified atom stereocenters. The maximum atomic E-state index is 13.6. The lowest BCUT2D eigenvalue weighted by Gasteiger charge is -2.33. The quantitative estimate of drug-likeness (QED) is 0.831. The Bertz CT molecular complexity index is 620. The average Bonchev–Trinajstić information content (AvgIpc) is 2.46. The molecule has 0 spiro atoms. The summed E-state index contributed by atoms with van der Waals surface area (Å²) in [4.78, 5) is 0. The normalized spacial score (nSPS) is 20.5. The number of benzene rings is 1. The van der Waals surface area contributed by atoms with Crippen molar-refractivity contribution in [2.75, 3.05) is 27.2 Å². The Kier molecular flexibility index (Phi) is 5.52. The van der Waals surface area contributed by atoms with Gasteiger partial charge in [-0.25, -0.2) is 8.78 Å². The molecule has 0 amide bonds. The minimum Gasteiger partial charge on any atom is -0.207 e. The highest BCUT2D eigenvalue weighted by Crippen LogP contribution is 2.24. The van der Waals surface area contributed by atoms with Gasteiger partial charge < -0.3 is 0 Å². The Morgan fingerprint density at radius 3 is 2.68 bits per heavy atom. The van der Waals surface area contributed by atoms with Gasteiger partial charge in [0.05, 0.1) is 0 Å². The maximum Gasteiger partial charge on any atom is 0.281 e. The molecule has 0 radical (unpaired) electrons. The molecule has 124 valence electrons. The van der Waals surface area contributed by atoms with Gasteiger partial charge in [0.25, 0.3) is 10.2 Å². The molecule has 22 heavy (non-hydrogen) atoms. The van der Waals surface area contributed by atoms with Crippen molar-refractivity contribution >= 4 is 10.2 Å². The Labute approximate surface area is 130 Å². The van der Waals surface area contributed by atoms with Gasteiger partial charge in [-0.1, -0.05) is 6.07 Å². The monoisotopic (exact) mass is 332 g/mol. The second-order valence-electron chi connectivity index (χ2n) is 5.93. The van der Waals surface area contributed by atoms with Gasteiger partial charge in [0.2, 0.25) is 0 Å². The van der Waals surface area contributed by atoms with E-state index in [1.807, 2.05) is 0 Å². The van der Waals surface area contributed by atoms with Gasteiger partial charge >= 0.3 is 0 Å². The van der Waals surface area contributed by atoms with Crippen LogP contribution in [0.5, 0.6) is 0 Å². The van der Waals surface area contributed by atoms with Crippen LogP contribution in [-0.4, -0.2) is 44.2 Å². The largest absolute Gasteiger partial charge is 0.281 e. The van der Waals surface area contributed by atoms with E-state index in [0.29, 0.717) is 31.5 Å². The molecule has 0 aromatic heterocycles. The first kappa shape index (κ1) is 17.3. The molecule has 4 nitrogen and oxygen atoms in total. The lowest BCUT2D eigenvalue weighted by atomic mass is 9.92. The highest BCUT2D eigenvalue weighted by atomic mass is 32.2.